The van der Waals surface area contributed by atoms with Crippen LogP contribution in [-0.2, 0) is 12.8 Å². The Morgan fingerprint density at radius 3 is 2.23 bits per heavy atom. The van der Waals surface area contributed by atoms with Gasteiger partial charge in [0, 0.05) is 16.8 Å². The van der Waals surface area contributed by atoms with Crippen LogP contribution < -0.4 is 11.1 Å². The first-order valence-electron chi connectivity index (χ1n) is 9.68. The van der Waals surface area contributed by atoms with Crippen LogP contribution in [0.1, 0.15) is 43.8 Å². The van der Waals surface area contributed by atoms with Gasteiger partial charge in [-0.15, -0.1) is 0 Å². The highest BCUT2D eigenvalue weighted by Crippen LogP contribution is 2.34. The van der Waals surface area contributed by atoms with E-state index in [0.29, 0.717) is 27.9 Å². The number of carbonyl (C=O) groups is 2. The number of amidine groups is 1. The van der Waals surface area contributed by atoms with E-state index in [2.05, 4.69) is 5.32 Å². The van der Waals surface area contributed by atoms with Gasteiger partial charge >= 0.3 is 5.97 Å². The third kappa shape index (κ3) is 3.67. The van der Waals surface area contributed by atoms with Gasteiger partial charge in [-0.05, 0) is 77.9 Å². The molecule has 6 heteroatoms. The number of fused-ring (bicyclic) bond motifs is 1. The van der Waals surface area contributed by atoms with E-state index in [4.69, 9.17) is 11.1 Å². The summed E-state index contributed by atoms with van der Waals surface area (Å²) >= 11 is 0. The number of hydrogen-bond acceptors (Lipinski definition) is 3. The molecule has 0 saturated heterocycles. The number of hydrogen-bond donors (Lipinski definition) is 4. The molecule has 0 heterocycles. The van der Waals surface area contributed by atoms with Gasteiger partial charge in [0.15, 0.2) is 0 Å². The number of nitrogens with one attached hydrogen (secondary N) is 2. The average molecular weight is 399 g/mol. The minimum Gasteiger partial charge on any atom is -0.478 e. The summed E-state index contributed by atoms with van der Waals surface area (Å²) in [6, 6.07) is 17.3. The van der Waals surface area contributed by atoms with E-state index in [0.717, 1.165) is 30.4 Å². The third-order valence-electron chi connectivity index (χ3n) is 5.38. The Bertz CT molecular complexity index is 1170. The topological polar surface area (TPSA) is 116 Å². The molecule has 0 spiro atoms. The summed E-state index contributed by atoms with van der Waals surface area (Å²) in [5.41, 5.74) is 10.7. The summed E-state index contributed by atoms with van der Waals surface area (Å²) in [5, 5.41) is 20.0. The molecule has 0 bridgehead atoms. The molecule has 0 saturated carbocycles. The van der Waals surface area contributed by atoms with Crippen LogP contribution in [0.2, 0.25) is 0 Å². The second-order valence-electron chi connectivity index (χ2n) is 7.32. The molecular formula is C24H21N3O3. The van der Waals surface area contributed by atoms with E-state index in [1.807, 2.05) is 12.1 Å². The first-order chi connectivity index (χ1) is 14.4. The van der Waals surface area contributed by atoms with Crippen LogP contribution in [0.5, 0.6) is 0 Å². The summed E-state index contributed by atoms with van der Waals surface area (Å²) in [5.74, 6) is -1.38. The summed E-state index contributed by atoms with van der Waals surface area (Å²) in [6.45, 7) is 0. The first-order valence-corrected chi connectivity index (χ1v) is 9.68. The van der Waals surface area contributed by atoms with E-state index >= 15 is 0 Å². The van der Waals surface area contributed by atoms with Gasteiger partial charge in [0.05, 0.1) is 5.56 Å². The molecule has 1 aliphatic rings. The van der Waals surface area contributed by atoms with E-state index < -0.39 is 5.97 Å². The second-order valence-corrected chi connectivity index (χ2v) is 7.32. The molecule has 0 unspecified atom stereocenters. The Labute approximate surface area is 173 Å². The van der Waals surface area contributed by atoms with Gasteiger partial charge in [0.2, 0.25) is 0 Å². The average Bonchev–Trinajstić information content (AvgIpc) is 3.20. The quantitative estimate of drug-likeness (QED) is 0.382. The molecule has 0 aliphatic heterocycles. The Morgan fingerprint density at radius 2 is 1.57 bits per heavy atom. The molecule has 4 rings (SSSR count). The lowest BCUT2D eigenvalue weighted by atomic mass is 9.91. The number of aromatic carboxylic acids is 1. The van der Waals surface area contributed by atoms with Gasteiger partial charge in [0.1, 0.15) is 5.84 Å². The molecule has 3 aromatic rings. The zero-order valence-electron chi connectivity index (χ0n) is 16.2. The molecule has 0 aromatic heterocycles. The molecule has 6 nitrogen and oxygen atoms in total. The number of carboxylic acids is 1. The zero-order chi connectivity index (χ0) is 21.3. The van der Waals surface area contributed by atoms with E-state index in [1.54, 1.807) is 48.5 Å². The summed E-state index contributed by atoms with van der Waals surface area (Å²) in [7, 11) is 0. The van der Waals surface area contributed by atoms with Gasteiger partial charge < -0.3 is 16.2 Å². The number of aryl methyl sites for hydroxylation is 2. The van der Waals surface area contributed by atoms with Crippen LogP contribution >= 0.6 is 0 Å². The molecule has 3 aromatic carbocycles. The number of amides is 1. The molecule has 5 N–H and O–H groups in total. The SMILES string of the molecule is N=C(N)c1ccc(NC(=O)c2cc3c(cc2-c2ccccc2C(=O)O)CCC3)cc1. The monoisotopic (exact) mass is 399 g/mol. The number of carbonyl (C=O) groups excluding carboxylic acids is 1. The van der Waals surface area contributed by atoms with Crippen molar-refractivity contribution in [3.05, 3.63) is 88.5 Å². The Morgan fingerprint density at radius 1 is 0.900 bits per heavy atom. The van der Waals surface area contributed by atoms with Crippen molar-refractivity contribution in [2.24, 2.45) is 5.73 Å². The molecule has 0 atom stereocenters. The fourth-order valence-corrected chi connectivity index (χ4v) is 3.87. The highest BCUT2D eigenvalue weighted by atomic mass is 16.4. The molecule has 0 fully saturated rings. The van der Waals surface area contributed by atoms with E-state index in [1.165, 1.54) is 0 Å². The fourth-order valence-electron chi connectivity index (χ4n) is 3.87. The van der Waals surface area contributed by atoms with Crippen LogP contribution in [0, 0.1) is 5.41 Å². The van der Waals surface area contributed by atoms with Crippen LogP contribution in [0.15, 0.2) is 60.7 Å². The minimum absolute atomic E-state index is 0.0425. The Balaban J connectivity index is 1.77. The van der Waals surface area contributed by atoms with Crippen LogP contribution in [-0.4, -0.2) is 22.8 Å². The van der Waals surface area contributed by atoms with Crippen molar-refractivity contribution in [3.8, 4) is 11.1 Å². The largest absolute Gasteiger partial charge is 0.478 e. The summed E-state index contributed by atoms with van der Waals surface area (Å²) < 4.78 is 0. The van der Waals surface area contributed by atoms with Crippen molar-refractivity contribution in [2.45, 2.75) is 19.3 Å². The summed E-state index contributed by atoms with van der Waals surface area (Å²) in [4.78, 5) is 24.9. The lowest BCUT2D eigenvalue weighted by Crippen LogP contribution is -2.15. The van der Waals surface area contributed by atoms with Gasteiger partial charge in [0.25, 0.3) is 5.91 Å². The molecule has 30 heavy (non-hydrogen) atoms. The molecular weight excluding hydrogens is 378 g/mol. The van der Waals surface area contributed by atoms with Crippen molar-refractivity contribution in [2.75, 3.05) is 5.32 Å². The highest BCUT2D eigenvalue weighted by Gasteiger charge is 2.22. The number of rotatable bonds is 5. The zero-order valence-corrected chi connectivity index (χ0v) is 16.2. The third-order valence-corrected chi connectivity index (χ3v) is 5.38. The van der Waals surface area contributed by atoms with Crippen LogP contribution in [0.4, 0.5) is 5.69 Å². The van der Waals surface area contributed by atoms with Crippen molar-refractivity contribution >= 4 is 23.4 Å². The summed E-state index contributed by atoms with van der Waals surface area (Å²) in [6.07, 6.45) is 2.85. The van der Waals surface area contributed by atoms with Gasteiger partial charge in [-0.3, -0.25) is 10.2 Å². The number of carboxylic acid groups (broad SMARTS) is 1. The maximum Gasteiger partial charge on any atom is 0.336 e. The van der Waals surface area contributed by atoms with Crippen LogP contribution in [0.3, 0.4) is 0 Å². The van der Waals surface area contributed by atoms with E-state index in [9.17, 15) is 14.7 Å². The van der Waals surface area contributed by atoms with Crippen LogP contribution in [0.25, 0.3) is 11.1 Å². The maximum atomic E-state index is 13.2. The molecule has 150 valence electrons. The molecule has 1 amide bonds. The van der Waals surface area contributed by atoms with Crippen molar-refractivity contribution in [1.82, 2.24) is 0 Å². The number of nitrogens with two attached hydrogens (primary N) is 1. The smallest absolute Gasteiger partial charge is 0.336 e. The van der Waals surface area contributed by atoms with Gasteiger partial charge in [-0.2, -0.15) is 0 Å². The number of nitrogen functional groups attached to an aromatic ring is 1. The predicted molar refractivity (Wildman–Crippen MR) is 116 cm³/mol. The first kappa shape index (κ1) is 19.4. The normalized spacial score (nSPS) is 12.3. The second kappa shape index (κ2) is 7.83. The van der Waals surface area contributed by atoms with E-state index in [-0.39, 0.29) is 17.3 Å². The van der Waals surface area contributed by atoms with Crippen molar-refractivity contribution in [3.63, 3.8) is 0 Å². The lowest BCUT2D eigenvalue weighted by molar-refractivity contribution is 0.0697. The van der Waals surface area contributed by atoms with Gasteiger partial charge in [-0.1, -0.05) is 24.3 Å². The predicted octanol–water partition coefficient (Wildman–Crippen LogP) is 4.08. The number of benzene rings is 3. The standard InChI is InChI=1S/C24H21N3O3/c25-22(26)14-8-10-17(11-9-14)27-23(28)21-13-16-5-3-4-15(16)12-20(21)18-6-1-2-7-19(18)24(29)30/h1-2,6-13H,3-5H2,(H3,25,26)(H,27,28)(H,29,30). The van der Waals surface area contributed by atoms with Crippen molar-refractivity contribution in [1.29, 1.82) is 5.41 Å². The lowest BCUT2D eigenvalue weighted by Gasteiger charge is -2.15. The fraction of sp³-hybridized carbons (Fsp3) is 0.125. The number of anilines is 1. The molecule has 1 aliphatic carbocycles. The Hall–Kier alpha value is -3.93. The van der Waals surface area contributed by atoms with Gasteiger partial charge in [-0.25, -0.2) is 4.79 Å². The maximum absolute atomic E-state index is 13.2. The highest BCUT2D eigenvalue weighted by molar-refractivity contribution is 6.10. The van der Waals surface area contributed by atoms with Crippen molar-refractivity contribution < 1.29 is 14.7 Å². The Kier molecular flexibility index (Phi) is 5.06. The molecule has 0 radical (unpaired) electrons. The minimum atomic E-state index is -1.03.